The van der Waals surface area contributed by atoms with Crippen molar-refractivity contribution in [3.8, 4) is 6.07 Å². The van der Waals surface area contributed by atoms with Gasteiger partial charge in [-0.15, -0.1) is 0 Å². The molecular formula is C14H17FN2O2. The molecule has 102 valence electrons. The van der Waals surface area contributed by atoms with Crippen LogP contribution in [0.1, 0.15) is 32.8 Å². The fourth-order valence-corrected chi connectivity index (χ4v) is 1.67. The van der Waals surface area contributed by atoms with Crippen molar-refractivity contribution < 1.29 is 14.3 Å². The number of anilines is 1. The zero-order valence-corrected chi connectivity index (χ0v) is 11.2. The number of halogens is 1. The van der Waals surface area contributed by atoms with Crippen molar-refractivity contribution in [2.24, 2.45) is 5.41 Å². The SMILES string of the molecule is CC(C)(C)C(CC(=O)O)Nc1ccc(F)cc1C#N. The molecule has 1 unspecified atom stereocenters. The van der Waals surface area contributed by atoms with Gasteiger partial charge >= 0.3 is 5.97 Å². The van der Waals surface area contributed by atoms with Crippen LogP contribution in [0, 0.1) is 22.6 Å². The van der Waals surface area contributed by atoms with Crippen LogP contribution in [0.4, 0.5) is 10.1 Å². The summed E-state index contributed by atoms with van der Waals surface area (Å²) in [6.07, 6.45) is -0.0776. The van der Waals surface area contributed by atoms with Crippen LogP contribution >= 0.6 is 0 Å². The molecule has 1 aromatic rings. The average Bonchev–Trinajstić information content (AvgIpc) is 2.28. The van der Waals surface area contributed by atoms with Gasteiger partial charge in [0, 0.05) is 6.04 Å². The summed E-state index contributed by atoms with van der Waals surface area (Å²) in [4.78, 5) is 10.9. The molecule has 1 rings (SSSR count). The molecule has 0 aromatic heterocycles. The molecule has 0 aliphatic heterocycles. The van der Waals surface area contributed by atoms with Crippen LogP contribution in [0.25, 0.3) is 0 Å². The van der Waals surface area contributed by atoms with Crippen molar-refractivity contribution in [3.05, 3.63) is 29.6 Å². The minimum absolute atomic E-state index is 0.0776. The fraction of sp³-hybridized carbons (Fsp3) is 0.429. The number of hydrogen-bond acceptors (Lipinski definition) is 3. The summed E-state index contributed by atoms with van der Waals surface area (Å²) in [5.41, 5.74) is 0.309. The van der Waals surface area contributed by atoms with E-state index in [1.807, 2.05) is 26.8 Å². The third-order valence-electron chi connectivity index (χ3n) is 2.86. The minimum atomic E-state index is -0.923. The zero-order chi connectivity index (χ0) is 14.6. The number of nitrogens with zero attached hydrogens (tertiary/aromatic N) is 1. The van der Waals surface area contributed by atoms with Crippen LogP contribution in [0.3, 0.4) is 0 Å². The van der Waals surface area contributed by atoms with E-state index in [0.717, 1.165) is 6.07 Å². The van der Waals surface area contributed by atoms with E-state index in [1.54, 1.807) is 0 Å². The first-order valence-corrected chi connectivity index (χ1v) is 5.92. The zero-order valence-electron chi connectivity index (χ0n) is 11.2. The first-order chi connectivity index (χ1) is 8.74. The van der Waals surface area contributed by atoms with E-state index in [4.69, 9.17) is 10.4 Å². The number of carboxylic acid groups (broad SMARTS) is 1. The molecule has 1 atom stereocenters. The van der Waals surface area contributed by atoms with Crippen LogP contribution in [0.15, 0.2) is 18.2 Å². The smallest absolute Gasteiger partial charge is 0.305 e. The highest BCUT2D eigenvalue weighted by molar-refractivity contribution is 5.69. The largest absolute Gasteiger partial charge is 0.481 e. The predicted molar refractivity (Wildman–Crippen MR) is 70.2 cm³/mol. The molecule has 4 nitrogen and oxygen atoms in total. The second-order valence-corrected chi connectivity index (χ2v) is 5.46. The van der Waals surface area contributed by atoms with E-state index in [0.29, 0.717) is 5.69 Å². The number of carbonyl (C=O) groups is 1. The summed E-state index contributed by atoms with van der Waals surface area (Å²) in [5.74, 6) is -1.42. The third kappa shape index (κ3) is 4.25. The summed E-state index contributed by atoms with van der Waals surface area (Å²) in [6, 6.07) is 5.36. The average molecular weight is 264 g/mol. The highest BCUT2D eigenvalue weighted by Crippen LogP contribution is 2.27. The van der Waals surface area contributed by atoms with Crippen LogP contribution in [0.5, 0.6) is 0 Å². The lowest BCUT2D eigenvalue weighted by atomic mass is 9.84. The van der Waals surface area contributed by atoms with Gasteiger partial charge in [-0.05, 0) is 23.6 Å². The van der Waals surface area contributed by atoms with Gasteiger partial charge in [-0.1, -0.05) is 20.8 Å². The van der Waals surface area contributed by atoms with Crippen LogP contribution in [-0.2, 0) is 4.79 Å². The molecule has 0 saturated carbocycles. The maximum absolute atomic E-state index is 13.0. The van der Waals surface area contributed by atoms with Gasteiger partial charge in [0.1, 0.15) is 11.9 Å². The Balaban J connectivity index is 3.03. The lowest BCUT2D eigenvalue weighted by Gasteiger charge is -2.31. The predicted octanol–water partition coefficient (Wildman–Crippen LogP) is 3.00. The second kappa shape index (κ2) is 5.70. The van der Waals surface area contributed by atoms with Gasteiger partial charge in [0.15, 0.2) is 0 Å². The van der Waals surface area contributed by atoms with E-state index in [-0.39, 0.29) is 23.4 Å². The highest BCUT2D eigenvalue weighted by Gasteiger charge is 2.27. The van der Waals surface area contributed by atoms with Gasteiger partial charge in [-0.3, -0.25) is 4.79 Å². The summed E-state index contributed by atoms with van der Waals surface area (Å²) < 4.78 is 13.0. The second-order valence-electron chi connectivity index (χ2n) is 5.46. The number of benzene rings is 1. The number of rotatable bonds is 4. The van der Waals surface area contributed by atoms with Crippen LogP contribution < -0.4 is 5.32 Å². The Morgan fingerprint density at radius 1 is 1.53 bits per heavy atom. The molecule has 2 N–H and O–H groups in total. The molecule has 19 heavy (non-hydrogen) atoms. The quantitative estimate of drug-likeness (QED) is 0.876. The molecule has 0 saturated heterocycles. The van der Waals surface area contributed by atoms with Crippen LogP contribution in [0.2, 0.25) is 0 Å². The van der Waals surface area contributed by atoms with E-state index < -0.39 is 11.8 Å². The Bertz CT molecular complexity index is 515. The van der Waals surface area contributed by atoms with Crippen molar-refractivity contribution >= 4 is 11.7 Å². The van der Waals surface area contributed by atoms with Gasteiger partial charge in [0.25, 0.3) is 0 Å². The Hall–Kier alpha value is -2.09. The lowest BCUT2D eigenvalue weighted by molar-refractivity contribution is -0.137. The number of hydrogen-bond donors (Lipinski definition) is 2. The van der Waals surface area contributed by atoms with Gasteiger partial charge in [0.05, 0.1) is 17.7 Å². The van der Waals surface area contributed by atoms with Crippen molar-refractivity contribution in [1.82, 2.24) is 0 Å². The highest BCUT2D eigenvalue weighted by atomic mass is 19.1. The number of aliphatic carboxylic acids is 1. The maximum Gasteiger partial charge on any atom is 0.305 e. The normalized spacial score (nSPS) is 12.6. The van der Waals surface area contributed by atoms with E-state index in [1.165, 1.54) is 12.1 Å². The van der Waals surface area contributed by atoms with E-state index in [9.17, 15) is 9.18 Å². The molecule has 0 aliphatic rings. The summed E-state index contributed by atoms with van der Waals surface area (Å²) >= 11 is 0. The maximum atomic E-state index is 13.0. The molecule has 0 amide bonds. The van der Waals surface area contributed by atoms with Crippen molar-refractivity contribution in [2.45, 2.75) is 33.2 Å². The molecule has 1 aromatic carbocycles. The fourth-order valence-electron chi connectivity index (χ4n) is 1.67. The van der Waals surface area contributed by atoms with Crippen LogP contribution in [-0.4, -0.2) is 17.1 Å². The summed E-state index contributed by atoms with van der Waals surface area (Å²) in [5, 5.41) is 20.9. The molecular weight excluding hydrogens is 247 g/mol. The summed E-state index contributed by atoms with van der Waals surface area (Å²) in [7, 11) is 0. The molecule has 0 bridgehead atoms. The Morgan fingerprint density at radius 3 is 2.63 bits per heavy atom. The van der Waals surface area contributed by atoms with Gasteiger partial charge in [0.2, 0.25) is 0 Å². The number of nitrogens with one attached hydrogen (secondary N) is 1. The van der Waals surface area contributed by atoms with Crippen molar-refractivity contribution in [1.29, 1.82) is 5.26 Å². The summed E-state index contributed by atoms with van der Waals surface area (Å²) in [6.45, 7) is 5.72. The lowest BCUT2D eigenvalue weighted by Crippen LogP contribution is -2.36. The topological polar surface area (TPSA) is 73.1 Å². The molecule has 0 heterocycles. The van der Waals surface area contributed by atoms with Gasteiger partial charge in [-0.2, -0.15) is 5.26 Å². The number of nitriles is 1. The monoisotopic (exact) mass is 264 g/mol. The standard InChI is InChI=1S/C14H17FN2O2/c1-14(2,3)12(7-13(18)19)17-11-5-4-10(15)6-9(11)8-16/h4-6,12,17H,7H2,1-3H3,(H,18,19). The molecule has 0 aliphatic carbocycles. The Morgan fingerprint density at radius 2 is 2.16 bits per heavy atom. The van der Waals surface area contributed by atoms with Gasteiger partial charge < -0.3 is 10.4 Å². The Labute approximate surface area is 111 Å². The van der Waals surface area contributed by atoms with Crippen molar-refractivity contribution in [2.75, 3.05) is 5.32 Å². The molecule has 5 heteroatoms. The van der Waals surface area contributed by atoms with Gasteiger partial charge in [-0.25, -0.2) is 4.39 Å². The molecule has 0 fully saturated rings. The first kappa shape index (κ1) is 15.0. The van der Waals surface area contributed by atoms with Crippen molar-refractivity contribution in [3.63, 3.8) is 0 Å². The molecule has 0 radical (unpaired) electrons. The van der Waals surface area contributed by atoms with E-state index in [2.05, 4.69) is 5.32 Å². The Kier molecular flexibility index (Phi) is 4.49. The minimum Gasteiger partial charge on any atom is -0.481 e. The van der Waals surface area contributed by atoms with E-state index >= 15 is 0 Å². The number of carboxylic acids is 1. The first-order valence-electron chi connectivity index (χ1n) is 5.92. The molecule has 0 spiro atoms. The third-order valence-corrected chi connectivity index (χ3v) is 2.86.